The molecule has 136 valence electrons. The van der Waals surface area contributed by atoms with Gasteiger partial charge in [-0.1, -0.05) is 12.1 Å². The van der Waals surface area contributed by atoms with E-state index in [0.717, 1.165) is 33.8 Å². The van der Waals surface area contributed by atoms with Crippen molar-refractivity contribution in [3.8, 4) is 5.75 Å². The number of benzene rings is 1. The molecule has 0 aliphatic carbocycles. The fourth-order valence-electron chi connectivity index (χ4n) is 4.40. The lowest BCUT2D eigenvalue weighted by Crippen LogP contribution is -2.69. The van der Waals surface area contributed by atoms with Gasteiger partial charge in [-0.3, -0.25) is 9.69 Å². The number of methoxy groups -OCH3 is 1. The molecule has 1 aromatic carbocycles. The molecule has 3 saturated heterocycles. The summed E-state index contributed by atoms with van der Waals surface area (Å²) in [5.41, 5.74) is 0.0329. The summed E-state index contributed by atoms with van der Waals surface area (Å²) in [6.45, 7) is 6.84. The van der Waals surface area contributed by atoms with Crippen LogP contribution in [-0.2, 0) is 0 Å². The van der Waals surface area contributed by atoms with Crippen molar-refractivity contribution >= 4 is 39.7 Å². The quantitative estimate of drug-likeness (QED) is 0.877. The SMILES string of the molecule is COc1cccc2cc(C(=O)NC3C4CCN(CC4)C3(C)C)sc12.Cl. The van der Waals surface area contributed by atoms with E-state index in [1.54, 1.807) is 7.11 Å². The Balaban J connectivity index is 0.00000182. The summed E-state index contributed by atoms with van der Waals surface area (Å²) in [6, 6.07) is 8.14. The predicted molar refractivity (Wildman–Crippen MR) is 105 cm³/mol. The fraction of sp³-hybridized carbons (Fsp3) is 0.526. The first-order valence-corrected chi connectivity index (χ1v) is 9.45. The van der Waals surface area contributed by atoms with Gasteiger partial charge in [-0.25, -0.2) is 0 Å². The molecule has 25 heavy (non-hydrogen) atoms. The minimum absolute atomic E-state index is 0. The van der Waals surface area contributed by atoms with Crippen LogP contribution in [0, 0.1) is 5.92 Å². The molecule has 1 unspecified atom stereocenters. The summed E-state index contributed by atoms with van der Waals surface area (Å²) in [5, 5.41) is 4.41. The van der Waals surface area contributed by atoms with Gasteiger partial charge in [-0.05, 0) is 63.2 Å². The summed E-state index contributed by atoms with van der Waals surface area (Å²) in [4.78, 5) is 16.2. The van der Waals surface area contributed by atoms with Crippen LogP contribution in [0.25, 0.3) is 10.1 Å². The number of fused-ring (bicyclic) bond motifs is 4. The van der Waals surface area contributed by atoms with Gasteiger partial charge >= 0.3 is 0 Å². The summed E-state index contributed by atoms with van der Waals surface area (Å²) in [6.07, 6.45) is 2.38. The van der Waals surface area contributed by atoms with Crippen LogP contribution in [0.5, 0.6) is 5.75 Å². The summed E-state index contributed by atoms with van der Waals surface area (Å²) < 4.78 is 6.46. The average Bonchev–Trinajstić information content (AvgIpc) is 3.02. The molecule has 3 aliphatic rings. The Morgan fingerprint density at radius 3 is 2.68 bits per heavy atom. The lowest BCUT2D eigenvalue weighted by Gasteiger charge is -2.56. The lowest BCUT2D eigenvalue weighted by molar-refractivity contribution is -0.0377. The first-order valence-electron chi connectivity index (χ1n) is 8.63. The Labute approximate surface area is 158 Å². The number of amides is 1. The van der Waals surface area contributed by atoms with E-state index in [1.165, 1.54) is 24.2 Å². The Hall–Kier alpha value is -1.30. The first kappa shape index (κ1) is 18.5. The van der Waals surface area contributed by atoms with Gasteiger partial charge in [-0.2, -0.15) is 0 Å². The third-order valence-electron chi connectivity index (χ3n) is 5.83. The number of rotatable bonds is 3. The van der Waals surface area contributed by atoms with Crippen LogP contribution >= 0.6 is 23.7 Å². The molecule has 2 aromatic rings. The number of halogens is 1. The van der Waals surface area contributed by atoms with E-state index in [-0.39, 0.29) is 29.9 Å². The summed E-state index contributed by atoms with van der Waals surface area (Å²) in [5.74, 6) is 1.47. The van der Waals surface area contributed by atoms with Gasteiger partial charge in [0, 0.05) is 11.6 Å². The van der Waals surface area contributed by atoms with E-state index in [2.05, 4.69) is 24.1 Å². The molecule has 0 radical (unpaired) electrons. The van der Waals surface area contributed by atoms with Crippen LogP contribution in [0.1, 0.15) is 36.4 Å². The molecule has 6 heteroatoms. The molecule has 0 saturated carbocycles. The van der Waals surface area contributed by atoms with Crippen molar-refractivity contribution in [2.75, 3.05) is 20.2 Å². The maximum Gasteiger partial charge on any atom is 0.261 e. The first-order chi connectivity index (χ1) is 11.5. The molecule has 4 nitrogen and oxygen atoms in total. The van der Waals surface area contributed by atoms with Crippen molar-refractivity contribution in [2.45, 2.75) is 38.3 Å². The minimum atomic E-state index is 0. The van der Waals surface area contributed by atoms with Gasteiger partial charge in [0.25, 0.3) is 5.91 Å². The molecular formula is C19H25ClN2O2S. The third-order valence-corrected chi connectivity index (χ3v) is 6.99. The summed E-state index contributed by atoms with van der Waals surface area (Å²) in [7, 11) is 1.67. The van der Waals surface area contributed by atoms with Crippen molar-refractivity contribution in [1.29, 1.82) is 0 Å². The Kier molecular flexibility index (Phi) is 5.02. The van der Waals surface area contributed by atoms with Gasteiger partial charge < -0.3 is 10.1 Å². The highest BCUT2D eigenvalue weighted by molar-refractivity contribution is 7.21. The molecule has 1 atom stereocenters. The number of nitrogens with zero attached hydrogens (tertiary/aromatic N) is 1. The Morgan fingerprint density at radius 1 is 1.32 bits per heavy atom. The molecule has 1 aromatic heterocycles. The molecule has 3 aliphatic heterocycles. The highest BCUT2D eigenvalue weighted by Crippen LogP contribution is 2.39. The monoisotopic (exact) mass is 380 g/mol. The van der Waals surface area contributed by atoms with Gasteiger partial charge in [-0.15, -0.1) is 23.7 Å². The molecule has 0 spiro atoms. The third kappa shape index (κ3) is 3.03. The normalized spacial score (nSPS) is 26.9. The van der Waals surface area contributed by atoms with E-state index < -0.39 is 0 Å². The lowest BCUT2D eigenvalue weighted by atomic mass is 9.72. The van der Waals surface area contributed by atoms with Crippen LogP contribution in [0.15, 0.2) is 24.3 Å². The van der Waals surface area contributed by atoms with Gasteiger partial charge in [0.1, 0.15) is 5.75 Å². The van der Waals surface area contributed by atoms with Crippen LogP contribution < -0.4 is 10.1 Å². The van der Waals surface area contributed by atoms with Crippen molar-refractivity contribution in [3.05, 3.63) is 29.1 Å². The zero-order valence-corrected chi connectivity index (χ0v) is 16.5. The topological polar surface area (TPSA) is 41.6 Å². The van der Waals surface area contributed by atoms with E-state index >= 15 is 0 Å². The van der Waals surface area contributed by atoms with E-state index in [4.69, 9.17) is 4.74 Å². The van der Waals surface area contributed by atoms with Gasteiger partial charge in [0.15, 0.2) is 0 Å². The highest BCUT2D eigenvalue weighted by atomic mass is 35.5. The van der Waals surface area contributed by atoms with Crippen molar-refractivity contribution in [1.82, 2.24) is 10.2 Å². The average molecular weight is 381 g/mol. The van der Waals surface area contributed by atoms with Crippen LogP contribution in [0.2, 0.25) is 0 Å². The molecule has 2 bridgehead atoms. The van der Waals surface area contributed by atoms with Gasteiger partial charge in [0.2, 0.25) is 0 Å². The minimum Gasteiger partial charge on any atom is -0.495 e. The Bertz CT molecular complexity index is 781. The molecule has 3 fully saturated rings. The molecular weight excluding hydrogens is 356 g/mol. The fourth-order valence-corrected chi connectivity index (χ4v) is 5.45. The molecule has 5 rings (SSSR count). The molecule has 4 heterocycles. The second kappa shape index (κ2) is 6.78. The van der Waals surface area contributed by atoms with Crippen molar-refractivity contribution < 1.29 is 9.53 Å². The van der Waals surface area contributed by atoms with E-state index in [1.807, 2.05) is 24.3 Å². The Morgan fingerprint density at radius 2 is 2.04 bits per heavy atom. The number of carbonyl (C=O) groups excluding carboxylic acids is 1. The maximum absolute atomic E-state index is 12.9. The number of ether oxygens (including phenoxy) is 1. The number of thiophene rings is 1. The molecule has 1 N–H and O–H groups in total. The smallest absolute Gasteiger partial charge is 0.261 e. The summed E-state index contributed by atoms with van der Waals surface area (Å²) >= 11 is 1.51. The highest BCUT2D eigenvalue weighted by Gasteiger charge is 2.48. The second-order valence-electron chi connectivity index (χ2n) is 7.42. The zero-order valence-electron chi connectivity index (χ0n) is 14.9. The number of carbonyl (C=O) groups is 1. The van der Waals surface area contributed by atoms with Crippen molar-refractivity contribution in [2.24, 2.45) is 5.92 Å². The molecule has 1 amide bonds. The van der Waals surface area contributed by atoms with Crippen LogP contribution in [0.3, 0.4) is 0 Å². The predicted octanol–water partition coefficient (Wildman–Crippen LogP) is 3.93. The number of nitrogens with one attached hydrogen (secondary N) is 1. The number of hydrogen-bond acceptors (Lipinski definition) is 4. The van der Waals surface area contributed by atoms with E-state index in [9.17, 15) is 4.79 Å². The largest absolute Gasteiger partial charge is 0.495 e. The number of hydrogen-bond donors (Lipinski definition) is 1. The standard InChI is InChI=1S/C19H24N2O2S.ClH/c1-19(2)17(12-7-9-21(19)10-8-12)20-18(22)15-11-13-5-4-6-14(23-3)16(13)24-15;/h4-6,11-12,17H,7-10H2,1-3H3,(H,20,22);1H. The van der Waals surface area contributed by atoms with Gasteiger partial charge in [0.05, 0.1) is 16.7 Å². The number of piperidine rings is 3. The maximum atomic E-state index is 12.9. The van der Waals surface area contributed by atoms with E-state index in [0.29, 0.717) is 5.92 Å². The second-order valence-corrected chi connectivity index (χ2v) is 8.47. The van der Waals surface area contributed by atoms with Crippen molar-refractivity contribution in [3.63, 3.8) is 0 Å². The van der Waals surface area contributed by atoms with Crippen LogP contribution in [0.4, 0.5) is 0 Å². The van der Waals surface area contributed by atoms with Crippen LogP contribution in [-0.4, -0.2) is 42.6 Å². The zero-order chi connectivity index (χ0) is 16.9.